The third-order valence-corrected chi connectivity index (χ3v) is 7.18. The van der Waals surface area contributed by atoms with Crippen molar-refractivity contribution in [1.29, 1.82) is 0 Å². The first-order valence-electron chi connectivity index (χ1n) is 13.2. The quantitative estimate of drug-likeness (QED) is 0.321. The van der Waals surface area contributed by atoms with E-state index in [1.165, 1.54) is 5.56 Å². The first kappa shape index (κ1) is 26.4. The van der Waals surface area contributed by atoms with Crippen molar-refractivity contribution in [1.82, 2.24) is 20.4 Å². The molecule has 1 aromatic heterocycles. The number of nitrogens with one attached hydrogen (secondary N) is 1. The fraction of sp³-hybridized carbons (Fsp3) is 0.323. The number of hydrogen-bond acceptors (Lipinski definition) is 7. The second kappa shape index (κ2) is 12.1. The van der Waals surface area contributed by atoms with Crippen LogP contribution in [0.1, 0.15) is 41.5 Å². The molecule has 0 spiro atoms. The third kappa shape index (κ3) is 6.29. The van der Waals surface area contributed by atoms with E-state index < -0.39 is 0 Å². The lowest BCUT2D eigenvalue weighted by molar-refractivity contribution is -0.127. The van der Waals surface area contributed by atoms with Crippen LogP contribution in [0, 0.1) is 12.8 Å². The number of aromatic nitrogens is 2. The Morgan fingerprint density at radius 2 is 1.77 bits per heavy atom. The van der Waals surface area contributed by atoms with Gasteiger partial charge in [0.1, 0.15) is 0 Å². The maximum absolute atomic E-state index is 13.5. The Labute approximate surface area is 228 Å². The van der Waals surface area contributed by atoms with Crippen LogP contribution in [0.3, 0.4) is 0 Å². The highest BCUT2D eigenvalue weighted by Crippen LogP contribution is 2.31. The van der Waals surface area contributed by atoms with Gasteiger partial charge in [-0.05, 0) is 55.6 Å². The summed E-state index contributed by atoms with van der Waals surface area (Å²) in [6, 6.07) is 23.8. The van der Waals surface area contributed by atoms with Crippen molar-refractivity contribution < 1.29 is 18.8 Å². The van der Waals surface area contributed by atoms with E-state index in [2.05, 4.69) is 63.7 Å². The lowest BCUT2D eigenvalue weighted by Crippen LogP contribution is -2.43. The predicted molar refractivity (Wildman–Crippen MR) is 148 cm³/mol. The molecular formula is C31H34N4O4. The van der Waals surface area contributed by atoms with E-state index in [1.54, 1.807) is 14.2 Å². The van der Waals surface area contributed by atoms with E-state index in [0.717, 1.165) is 36.1 Å². The number of benzene rings is 3. The Balaban J connectivity index is 1.25. The van der Waals surface area contributed by atoms with Gasteiger partial charge in [0.2, 0.25) is 17.6 Å². The molecule has 2 unspecified atom stereocenters. The number of piperidine rings is 1. The van der Waals surface area contributed by atoms with Crippen molar-refractivity contribution in [3.05, 3.63) is 95.4 Å². The number of aryl methyl sites for hydroxylation is 1. The van der Waals surface area contributed by atoms with Crippen LogP contribution in [0.15, 0.2) is 77.3 Å². The molecule has 1 amide bonds. The summed E-state index contributed by atoms with van der Waals surface area (Å²) in [5.74, 6) is 2.18. The maximum atomic E-state index is 13.5. The van der Waals surface area contributed by atoms with Crippen LogP contribution in [0.2, 0.25) is 0 Å². The summed E-state index contributed by atoms with van der Waals surface area (Å²) in [7, 11) is 3.19. The SMILES string of the molecule is COc1ccc(-c2noc(CN3CCCC(C(=O)NC(c4ccccc4)c4ccc(C)cc4)C3)n2)cc1OC. The zero-order valence-corrected chi connectivity index (χ0v) is 22.6. The van der Waals surface area contributed by atoms with E-state index in [0.29, 0.717) is 36.3 Å². The monoisotopic (exact) mass is 526 g/mol. The molecular weight excluding hydrogens is 492 g/mol. The van der Waals surface area contributed by atoms with Gasteiger partial charge in [-0.25, -0.2) is 0 Å². The molecule has 0 aliphatic carbocycles. The summed E-state index contributed by atoms with van der Waals surface area (Å²) in [5, 5.41) is 7.49. The number of methoxy groups -OCH3 is 2. The number of carbonyl (C=O) groups excluding carboxylic acids is 1. The van der Waals surface area contributed by atoms with Gasteiger partial charge < -0.3 is 19.3 Å². The van der Waals surface area contributed by atoms with Crippen LogP contribution in [0.5, 0.6) is 11.5 Å². The molecule has 2 heterocycles. The highest BCUT2D eigenvalue weighted by Gasteiger charge is 2.29. The molecule has 8 nitrogen and oxygen atoms in total. The minimum absolute atomic E-state index is 0.0608. The molecule has 8 heteroatoms. The molecule has 5 rings (SSSR count). The van der Waals surface area contributed by atoms with Crippen molar-refractivity contribution in [2.75, 3.05) is 27.3 Å². The molecule has 202 valence electrons. The van der Waals surface area contributed by atoms with Gasteiger partial charge in [-0.2, -0.15) is 4.98 Å². The molecule has 1 aliphatic heterocycles. The van der Waals surface area contributed by atoms with Crippen LogP contribution in [0.4, 0.5) is 0 Å². The van der Waals surface area contributed by atoms with E-state index in [-0.39, 0.29) is 17.9 Å². The number of rotatable bonds is 9. The van der Waals surface area contributed by atoms with E-state index in [1.807, 2.05) is 36.4 Å². The van der Waals surface area contributed by atoms with Crippen molar-refractivity contribution >= 4 is 5.91 Å². The third-order valence-electron chi connectivity index (χ3n) is 7.18. The Morgan fingerprint density at radius 1 is 1.03 bits per heavy atom. The normalized spacial score (nSPS) is 16.4. The van der Waals surface area contributed by atoms with Crippen molar-refractivity contribution in [3.8, 4) is 22.9 Å². The molecule has 1 fully saturated rings. The number of hydrogen-bond donors (Lipinski definition) is 1. The second-order valence-electron chi connectivity index (χ2n) is 9.92. The van der Waals surface area contributed by atoms with E-state index in [9.17, 15) is 4.79 Å². The number of carbonyl (C=O) groups is 1. The molecule has 3 aromatic carbocycles. The summed E-state index contributed by atoms with van der Waals surface area (Å²) < 4.78 is 16.3. The van der Waals surface area contributed by atoms with Crippen molar-refractivity contribution in [2.45, 2.75) is 32.4 Å². The van der Waals surface area contributed by atoms with Gasteiger partial charge in [-0.3, -0.25) is 9.69 Å². The molecule has 0 saturated carbocycles. The average Bonchev–Trinajstić information content (AvgIpc) is 3.45. The van der Waals surface area contributed by atoms with Gasteiger partial charge in [0.25, 0.3) is 0 Å². The van der Waals surface area contributed by atoms with Crippen LogP contribution in [0.25, 0.3) is 11.4 Å². The number of nitrogens with zero attached hydrogens (tertiary/aromatic N) is 3. The minimum Gasteiger partial charge on any atom is -0.493 e. The zero-order valence-electron chi connectivity index (χ0n) is 22.6. The summed E-state index contributed by atoms with van der Waals surface area (Å²) in [6.45, 7) is 4.06. The van der Waals surface area contributed by atoms with Gasteiger partial charge in [0, 0.05) is 12.1 Å². The summed E-state index contributed by atoms with van der Waals surface area (Å²) >= 11 is 0. The lowest BCUT2D eigenvalue weighted by Gasteiger charge is -2.32. The largest absolute Gasteiger partial charge is 0.493 e. The lowest BCUT2D eigenvalue weighted by atomic mass is 9.94. The van der Waals surface area contributed by atoms with Crippen LogP contribution in [-0.4, -0.2) is 48.3 Å². The number of amides is 1. The van der Waals surface area contributed by atoms with Gasteiger partial charge in [0.15, 0.2) is 11.5 Å². The zero-order chi connectivity index (χ0) is 27.2. The topological polar surface area (TPSA) is 89.7 Å². The second-order valence-corrected chi connectivity index (χ2v) is 9.92. The van der Waals surface area contributed by atoms with Gasteiger partial charge in [0.05, 0.1) is 32.7 Å². The molecule has 39 heavy (non-hydrogen) atoms. The molecule has 0 bridgehead atoms. The fourth-order valence-electron chi connectivity index (χ4n) is 5.04. The Kier molecular flexibility index (Phi) is 8.22. The first-order valence-corrected chi connectivity index (χ1v) is 13.2. The molecule has 1 saturated heterocycles. The molecule has 4 aromatic rings. The highest BCUT2D eigenvalue weighted by atomic mass is 16.5. The van der Waals surface area contributed by atoms with Crippen molar-refractivity contribution in [2.24, 2.45) is 5.92 Å². The average molecular weight is 527 g/mol. The van der Waals surface area contributed by atoms with Crippen LogP contribution >= 0.6 is 0 Å². The summed E-state index contributed by atoms with van der Waals surface area (Å²) in [4.78, 5) is 20.3. The summed E-state index contributed by atoms with van der Waals surface area (Å²) in [5.41, 5.74) is 4.11. The molecule has 1 aliphatic rings. The van der Waals surface area contributed by atoms with Gasteiger partial charge in [-0.1, -0.05) is 65.3 Å². The van der Waals surface area contributed by atoms with Gasteiger partial charge in [-0.15, -0.1) is 0 Å². The number of likely N-dealkylation sites (tertiary alicyclic amines) is 1. The predicted octanol–water partition coefficient (Wildman–Crippen LogP) is 5.18. The molecule has 2 atom stereocenters. The Morgan fingerprint density at radius 3 is 2.51 bits per heavy atom. The standard InChI is InChI=1S/C31H34N4O4/c1-21-11-13-23(14-12-21)29(22-8-5-4-6-9-22)33-31(36)25-10-7-17-35(19-25)20-28-32-30(34-39-28)24-15-16-26(37-2)27(18-24)38-3/h4-6,8-9,11-16,18,25,29H,7,10,17,19-20H2,1-3H3,(H,33,36). The van der Waals surface area contributed by atoms with E-state index >= 15 is 0 Å². The maximum Gasteiger partial charge on any atom is 0.241 e. The van der Waals surface area contributed by atoms with Gasteiger partial charge >= 0.3 is 0 Å². The smallest absolute Gasteiger partial charge is 0.241 e. The fourth-order valence-corrected chi connectivity index (χ4v) is 5.04. The first-order chi connectivity index (χ1) is 19.0. The Hall–Kier alpha value is -4.17. The molecule has 1 N–H and O–H groups in total. The summed E-state index contributed by atoms with van der Waals surface area (Å²) in [6.07, 6.45) is 1.77. The van der Waals surface area contributed by atoms with Crippen LogP contribution < -0.4 is 14.8 Å². The van der Waals surface area contributed by atoms with Crippen LogP contribution in [-0.2, 0) is 11.3 Å². The van der Waals surface area contributed by atoms with E-state index in [4.69, 9.17) is 14.0 Å². The minimum atomic E-state index is -0.199. The molecule has 0 radical (unpaired) electrons. The highest BCUT2D eigenvalue weighted by molar-refractivity contribution is 5.80. The number of ether oxygens (including phenoxy) is 2. The Bertz CT molecular complexity index is 1390. The van der Waals surface area contributed by atoms with Crippen molar-refractivity contribution in [3.63, 3.8) is 0 Å².